The van der Waals surface area contributed by atoms with Crippen molar-refractivity contribution in [1.29, 1.82) is 0 Å². The van der Waals surface area contributed by atoms with Crippen molar-refractivity contribution in [3.8, 4) is 11.3 Å². The molecule has 1 aromatic carbocycles. The van der Waals surface area contributed by atoms with Crippen LogP contribution in [-0.2, 0) is 11.3 Å². The van der Waals surface area contributed by atoms with Crippen LogP contribution in [0.1, 0.15) is 17.3 Å². The fraction of sp³-hybridized carbons (Fsp3) is 0.231. The van der Waals surface area contributed by atoms with E-state index in [9.17, 15) is 9.18 Å². The zero-order valence-corrected chi connectivity index (χ0v) is 10.2. The summed E-state index contributed by atoms with van der Waals surface area (Å²) in [5.74, 6) is -1.03. The highest BCUT2D eigenvalue weighted by atomic mass is 19.1. The Morgan fingerprint density at radius 2 is 2.22 bits per heavy atom. The normalized spacial score (nSPS) is 10.4. The van der Waals surface area contributed by atoms with Crippen molar-refractivity contribution >= 4 is 5.97 Å². The first-order valence-corrected chi connectivity index (χ1v) is 5.56. The molecule has 94 valence electrons. The fourth-order valence-corrected chi connectivity index (χ4v) is 1.80. The summed E-state index contributed by atoms with van der Waals surface area (Å²) in [4.78, 5) is 11.4. The Hall–Kier alpha value is -2.17. The lowest BCUT2D eigenvalue weighted by molar-refractivity contribution is 0.0600. The maximum absolute atomic E-state index is 13.5. The quantitative estimate of drug-likeness (QED) is 0.784. The fourth-order valence-electron chi connectivity index (χ4n) is 1.80. The van der Waals surface area contributed by atoms with Gasteiger partial charge in [-0.25, -0.2) is 9.18 Å². The van der Waals surface area contributed by atoms with E-state index in [1.165, 1.54) is 13.2 Å². The highest BCUT2D eigenvalue weighted by Gasteiger charge is 2.12. The van der Waals surface area contributed by atoms with Gasteiger partial charge in [0.25, 0.3) is 0 Å². The van der Waals surface area contributed by atoms with E-state index >= 15 is 0 Å². The topological polar surface area (TPSA) is 44.1 Å². The van der Waals surface area contributed by atoms with Crippen LogP contribution in [0.25, 0.3) is 11.3 Å². The largest absolute Gasteiger partial charge is 0.465 e. The summed E-state index contributed by atoms with van der Waals surface area (Å²) < 4.78 is 19.8. The van der Waals surface area contributed by atoms with Crippen molar-refractivity contribution in [3.05, 3.63) is 41.8 Å². The molecule has 1 aromatic heterocycles. The number of benzene rings is 1. The van der Waals surface area contributed by atoms with Gasteiger partial charge in [-0.05, 0) is 31.2 Å². The molecule has 0 N–H and O–H groups in total. The molecule has 0 aliphatic rings. The van der Waals surface area contributed by atoms with Crippen LogP contribution in [0, 0.1) is 5.82 Å². The summed E-state index contributed by atoms with van der Waals surface area (Å²) in [5.41, 5.74) is 1.56. The van der Waals surface area contributed by atoms with Crippen LogP contribution in [0.4, 0.5) is 4.39 Å². The number of halogens is 1. The number of nitrogens with zero attached hydrogens (tertiary/aromatic N) is 2. The predicted molar refractivity (Wildman–Crippen MR) is 64.6 cm³/mol. The Balaban J connectivity index is 2.51. The molecule has 0 radical (unpaired) electrons. The molecule has 1 heterocycles. The maximum Gasteiger partial charge on any atom is 0.337 e. The lowest BCUT2D eigenvalue weighted by Gasteiger charge is -2.07. The molecule has 5 heteroatoms. The lowest BCUT2D eigenvalue weighted by Crippen LogP contribution is -2.04. The maximum atomic E-state index is 13.5. The average molecular weight is 248 g/mol. The number of rotatable bonds is 3. The molecule has 2 rings (SSSR count). The number of hydrogen-bond acceptors (Lipinski definition) is 3. The van der Waals surface area contributed by atoms with Crippen molar-refractivity contribution in [2.45, 2.75) is 13.5 Å². The van der Waals surface area contributed by atoms with Gasteiger partial charge in [0.1, 0.15) is 5.82 Å². The molecule has 0 aliphatic carbocycles. The second-order valence-corrected chi connectivity index (χ2v) is 3.75. The van der Waals surface area contributed by atoms with Crippen LogP contribution >= 0.6 is 0 Å². The number of hydrogen-bond donors (Lipinski definition) is 0. The van der Waals surface area contributed by atoms with Crippen LogP contribution in [0.15, 0.2) is 30.5 Å². The molecule has 0 aliphatic heterocycles. The van der Waals surface area contributed by atoms with E-state index in [0.29, 0.717) is 12.1 Å². The minimum atomic E-state index is -0.557. The Morgan fingerprint density at radius 3 is 2.89 bits per heavy atom. The molecule has 0 bridgehead atoms. The van der Waals surface area contributed by atoms with Crippen molar-refractivity contribution in [2.24, 2.45) is 0 Å². The van der Waals surface area contributed by atoms with Gasteiger partial charge in [-0.15, -0.1) is 0 Å². The summed E-state index contributed by atoms with van der Waals surface area (Å²) in [6, 6.07) is 5.90. The molecular formula is C13H13FN2O2. The summed E-state index contributed by atoms with van der Waals surface area (Å²) in [6.45, 7) is 2.61. The second kappa shape index (κ2) is 5.00. The van der Waals surface area contributed by atoms with Crippen LogP contribution < -0.4 is 0 Å². The first-order valence-electron chi connectivity index (χ1n) is 5.56. The Labute approximate surface area is 104 Å². The van der Waals surface area contributed by atoms with E-state index in [1.54, 1.807) is 23.0 Å². The molecule has 0 fully saturated rings. The van der Waals surface area contributed by atoms with Gasteiger partial charge in [0.2, 0.25) is 0 Å². The molecule has 0 spiro atoms. The van der Waals surface area contributed by atoms with Gasteiger partial charge in [0, 0.05) is 18.3 Å². The molecule has 0 saturated carbocycles. The number of methoxy groups -OCH3 is 1. The molecule has 0 atom stereocenters. The van der Waals surface area contributed by atoms with Gasteiger partial charge in [-0.3, -0.25) is 4.68 Å². The van der Waals surface area contributed by atoms with Gasteiger partial charge in [0.15, 0.2) is 0 Å². The first-order chi connectivity index (χ1) is 8.65. The standard InChI is InChI=1S/C13H13FN2O2/c1-3-16-12(4-5-15-16)9-6-10(13(17)18-2)8-11(14)7-9/h4-8H,3H2,1-2H3. The summed E-state index contributed by atoms with van der Waals surface area (Å²) in [7, 11) is 1.27. The first kappa shape index (κ1) is 12.3. The summed E-state index contributed by atoms with van der Waals surface area (Å²) in [6.07, 6.45) is 1.64. The molecule has 0 saturated heterocycles. The minimum Gasteiger partial charge on any atom is -0.465 e. The van der Waals surface area contributed by atoms with Gasteiger partial charge in [-0.2, -0.15) is 5.10 Å². The van der Waals surface area contributed by atoms with Crippen LogP contribution in [0.3, 0.4) is 0 Å². The third-order valence-electron chi connectivity index (χ3n) is 2.63. The molecule has 0 unspecified atom stereocenters. The average Bonchev–Trinajstić information content (AvgIpc) is 2.85. The third kappa shape index (κ3) is 2.25. The lowest BCUT2D eigenvalue weighted by atomic mass is 10.1. The highest BCUT2D eigenvalue weighted by Crippen LogP contribution is 2.22. The summed E-state index contributed by atoms with van der Waals surface area (Å²) in [5, 5.41) is 4.11. The molecule has 2 aromatic rings. The SMILES string of the molecule is CCn1nccc1-c1cc(F)cc(C(=O)OC)c1. The predicted octanol–water partition coefficient (Wildman–Crippen LogP) is 2.50. The Kier molecular flexibility index (Phi) is 3.41. The van der Waals surface area contributed by atoms with Gasteiger partial charge >= 0.3 is 5.97 Å². The number of aromatic nitrogens is 2. The van der Waals surface area contributed by atoms with E-state index in [-0.39, 0.29) is 5.56 Å². The van der Waals surface area contributed by atoms with Crippen molar-refractivity contribution in [1.82, 2.24) is 9.78 Å². The molecule has 18 heavy (non-hydrogen) atoms. The van der Waals surface area contributed by atoms with Crippen LogP contribution in [0.2, 0.25) is 0 Å². The van der Waals surface area contributed by atoms with E-state index in [4.69, 9.17) is 0 Å². The van der Waals surface area contributed by atoms with Crippen molar-refractivity contribution in [3.63, 3.8) is 0 Å². The number of esters is 1. The Morgan fingerprint density at radius 1 is 1.44 bits per heavy atom. The number of carbonyl (C=O) groups excluding carboxylic acids is 1. The highest BCUT2D eigenvalue weighted by molar-refractivity contribution is 5.90. The van der Waals surface area contributed by atoms with Gasteiger partial charge in [0.05, 0.1) is 18.4 Å². The van der Waals surface area contributed by atoms with Gasteiger partial charge in [-0.1, -0.05) is 0 Å². The zero-order chi connectivity index (χ0) is 13.1. The van der Waals surface area contributed by atoms with Crippen LogP contribution in [-0.4, -0.2) is 22.9 Å². The van der Waals surface area contributed by atoms with E-state index in [2.05, 4.69) is 9.84 Å². The van der Waals surface area contributed by atoms with Crippen molar-refractivity contribution < 1.29 is 13.9 Å². The second-order valence-electron chi connectivity index (χ2n) is 3.75. The molecule has 4 nitrogen and oxygen atoms in total. The third-order valence-corrected chi connectivity index (χ3v) is 2.63. The number of carbonyl (C=O) groups is 1. The summed E-state index contributed by atoms with van der Waals surface area (Å²) >= 11 is 0. The van der Waals surface area contributed by atoms with E-state index in [1.807, 2.05) is 6.92 Å². The number of aryl methyl sites for hydroxylation is 1. The molecule has 0 amide bonds. The van der Waals surface area contributed by atoms with Crippen molar-refractivity contribution in [2.75, 3.05) is 7.11 Å². The van der Waals surface area contributed by atoms with Gasteiger partial charge < -0.3 is 4.74 Å². The minimum absolute atomic E-state index is 0.191. The monoisotopic (exact) mass is 248 g/mol. The number of ether oxygens (including phenoxy) is 1. The van der Waals surface area contributed by atoms with Crippen LogP contribution in [0.5, 0.6) is 0 Å². The van der Waals surface area contributed by atoms with E-state index in [0.717, 1.165) is 11.8 Å². The zero-order valence-electron chi connectivity index (χ0n) is 10.2. The van der Waals surface area contributed by atoms with E-state index < -0.39 is 11.8 Å². The smallest absolute Gasteiger partial charge is 0.337 e. The molecular weight excluding hydrogens is 235 g/mol. The Bertz CT molecular complexity index is 578.